The Morgan fingerprint density at radius 3 is 2.83 bits per heavy atom. The van der Waals surface area contributed by atoms with Crippen LogP contribution >= 0.6 is 11.3 Å². The molecular weight excluding hydrogens is 478 g/mol. The smallest absolute Gasteiger partial charge is 0.282 e. The molecule has 0 spiro atoms. The lowest BCUT2D eigenvalue weighted by molar-refractivity contribution is -0.124. The minimum Gasteiger partial charge on any atom is -0.367 e. The third kappa shape index (κ3) is 5.40. The van der Waals surface area contributed by atoms with Crippen molar-refractivity contribution in [3.05, 3.63) is 41.8 Å². The molecule has 2 saturated heterocycles. The SMILES string of the molecule is CO[C@@H](C(=O)Nc1nnc(N[C@@H]2CCN(c3cccnn3)C2)s1)C1=CCCC(N2CC(F)(F)C2)=C1. The maximum atomic E-state index is 13.3. The van der Waals surface area contributed by atoms with E-state index in [-0.39, 0.29) is 25.0 Å². The van der Waals surface area contributed by atoms with Crippen LogP contribution in [0.5, 0.6) is 0 Å². The number of likely N-dealkylation sites (tertiary alicyclic amines) is 1. The van der Waals surface area contributed by atoms with E-state index in [1.54, 1.807) is 17.2 Å². The maximum absolute atomic E-state index is 13.3. The van der Waals surface area contributed by atoms with Crippen LogP contribution in [0.1, 0.15) is 19.3 Å². The highest BCUT2D eigenvalue weighted by Gasteiger charge is 2.44. The van der Waals surface area contributed by atoms with Crippen LogP contribution < -0.4 is 15.5 Å². The largest absolute Gasteiger partial charge is 0.367 e. The van der Waals surface area contributed by atoms with Crippen LogP contribution in [0.15, 0.2) is 41.8 Å². The van der Waals surface area contributed by atoms with Crippen LogP contribution in [-0.2, 0) is 9.53 Å². The van der Waals surface area contributed by atoms with Gasteiger partial charge in [-0.3, -0.25) is 10.1 Å². The van der Waals surface area contributed by atoms with Crippen LogP contribution in [0, 0.1) is 0 Å². The molecule has 13 heteroatoms. The Bertz CT molecular complexity index is 1120. The van der Waals surface area contributed by atoms with E-state index in [9.17, 15) is 13.6 Å². The van der Waals surface area contributed by atoms with Crippen molar-refractivity contribution in [2.24, 2.45) is 0 Å². The number of alkyl halides is 2. The first-order valence-corrected chi connectivity index (χ1v) is 12.2. The van der Waals surface area contributed by atoms with Gasteiger partial charge in [0.15, 0.2) is 11.9 Å². The van der Waals surface area contributed by atoms with Gasteiger partial charge in [0.1, 0.15) is 0 Å². The summed E-state index contributed by atoms with van der Waals surface area (Å²) >= 11 is 1.24. The normalized spacial score (nSPS) is 22.2. The first-order chi connectivity index (χ1) is 16.9. The monoisotopic (exact) mass is 504 g/mol. The van der Waals surface area contributed by atoms with E-state index in [1.165, 1.54) is 18.4 Å². The summed E-state index contributed by atoms with van der Waals surface area (Å²) in [5.74, 6) is -2.19. The Morgan fingerprint density at radius 2 is 2.09 bits per heavy atom. The number of halogens is 2. The Kier molecular flexibility index (Phi) is 6.60. The molecule has 1 amide bonds. The molecular formula is C22H26F2N8O2S. The van der Waals surface area contributed by atoms with Crippen molar-refractivity contribution in [2.45, 2.75) is 37.3 Å². The topological polar surface area (TPSA) is 108 Å². The second-order valence-electron chi connectivity index (χ2n) is 8.77. The lowest BCUT2D eigenvalue weighted by atomic mass is 9.96. The van der Waals surface area contributed by atoms with E-state index in [0.29, 0.717) is 28.7 Å². The van der Waals surface area contributed by atoms with Gasteiger partial charge in [0.05, 0.1) is 13.1 Å². The molecule has 4 heterocycles. The second kappa shape index (κ2) is 9.82. The molecule has 2 aliphatic heterocycles. The van der Waals surface area contributed by atoms with Gasteiger partial charge in [0, 0.05) is 38.1 Å². The third-order valence-corrected chi connectivity index (χ3v) is 6.96. The predicted octanol–water partition coefficient (Wildman–Crippen LogP) is 2.53. The number of nitrogens with zero attached hydrogens (tertiary/aromatic N) is 6. The van der Waals surface area contributed by atoms with Crippen molar-refractivity contribution in [1.82, 2.24) is 25.3 Å². The van der Waals surface area contributed by atoms with E-state index < -0.39 is 12.0 Å². The molecule has 1 aliphatic carbocycles. The average Bonchev–Trinajstić information content (AvgIpc) is 3.48. The summed E-state index contributed by atoms with van der Waals surface area (Å²) in [6, 6.07) is 3.96. The summed E-state index contributed by atoms with van der Waals surface area (Å²) in [6.45, 7) is 1.05. The average molecular weight is 505 g/mol. The van der Waals surface area contributed by atoms with Gasteiger partial charge in [-0.25, -0.2) is 8.78 Å². The Hall–Kier alpha value is -3.19. The second-order valence-corrected chi connectivity index (χ2v) is 9.74. The summed E-state index contributed by atoms with van der Waals surface area (Å²) in [4.78, 5) is 16.7. The zero-order chi connectivity index (χ0) is 24.4. The minimum absolute atomic E-state index is 0.171. The van der Waals surface area contributed by atoms with Crippen molar-refractivity contribution in [3.63, 3.8) is 0 Å². The Balaban J connectivity index is 1.16. The number of carbonyl (C=O) groups is 1. The molecule has 35 heavy (non-hydrogen) atoms. The van der Waals surface area contributed by atoms with Gasteiger partial charge in [-0.05, 0) is 43.0 Å². The van der Waals surface area contributed by atoms with Crippen molar-refractivity contribution in [3.8, 4) is 0 Å². The van der Waals surface area contributed by atoms with Gasteiger partial charge in [0.2, 0.25) is 10.3 Å². The zero-order valence-electron chi connectivity index (χ0n) is 19.2. The van der Waals surface area contributed by atoms with Gasteiger partial charge in [-0.2, -0.15) is 5.10 Å². The zero-order valence-corrected chi connectivity index (χ0v) is 20.0. The maximum Gasteiger partial charge on any atom is 0.282 e. The summed E-state index contributed by atoms with van der Waals surface area (Å²) in [5, 5.41) is 23.4. The number of ether oxygens (including phenoxy) is 1. The molecule has 2 N–H and O–H groups in total. The lowest BCUT2D eigenvalue weighted by Gasteiger charge is -2.42. The number of rotatable bonds is 8. The molecule has 10 nitrogen and oxygen atoms in total. The number of amides is 1. The molecule has 2 aromatic rings. The fourth-order valence-electron chi connectivity index (χ4n) is 4.48. The van der Waals surface area contributed by atoms with E-state index in [1.807, 2.05) is 18.2 Å². The van der Waals surface area contributed by atoms with E-state index in [0.717, 1.165) is 31.0 Å². The van der Waals surface area contributed by atoms with Gasteiger partial charge in [-0.1, -0.05) is 17.4 Å². The van der Waals surface area contributed by atoms with Crippen LogP contribution in [0.4, 0.5) is 24.9 Å². The van der Waals surface area contributed by atoms with Crippen LogP contribution in [0.25, 0.3) is 0 Å². The Labute approximate surface area is 205 Å². The number of methoxy groups -OCH3 is 1. The molecule has 0 unspecified atom stereocenters. The van der Waals surface area contributed by atoms with Gasteiger partial charge in [0.25, 0.3) is 11.8 Å². The van der Waals surface area contributed by atoms with E-state index in [4.69, 9.17) is 4.74 Å². The highest BCUT2D eigenvalue weighted by Crippen LogP contribution is 2.34. The minimum atomic E-state index is -2.64. The van der Waals surface area contributed by atoms with Crippen LogP contribution in [-0.4, -0.2) is 82.6 Å². The van der Waals surface area contributed by atoms with Crippen LogP contribution in [0.2, 0.25) is 0 Å². The molecule has 0 bridgehead atoms. The molecule has 0 aromatic carbocycles. The number of allylic oxidation sites excluding steroid dienone is 2. The number of nitrogens with one attached hydrogen (secondary N) is 2. The number of anilines is 3. The lowest BCUT2D eigenvalue weighted by Crippen LogP contribution is -2.55. The summed E-state index contributed by atoms with van der Waals surface area (Å²) in [7, 11) is 1.45. The van der Waals surface area contributed by atoms with Gasteiger partial charge in [-0.15, -0.1) is 15.3 Å². The molecule has 0 saturated carbocycles. The number of aromatic nitrogens is 4. The van der Waals surface area contributed by atoms with Crippen molar-refractivity contribution in [1.29, 1.82) is 0 Å². The molecule has 0 radical (unpaired) electrons. The Morgan fingerprint density at radius 1 is 1.26 bits per heavy atom. The summed E-state index contributed by atoms with van der Waals surface area (Å²) in [5.41, 5.74) is 1.46. The molecule has 2 fully saturated rings. The van der Waals surface area contributed by atoms with Crippen molar-refractivity contribution >= 4 is 33.3 Å². The quantitative estimate of drug-likeness (QED) is 0.561. The van der Waals surface area contributed by atoms with E-state index in [2.05, 4.69) is 35.9 Å². The number of carbonyl (C=O) groups excluding carboxylic acids is 1. The third-order valence-electron chi connectivity index (χ3n) is 6.19. The fraction of sp³-hybridized carbons (Fsp3) is 0.500. The molecule has 5 rings (SSSR count). The standard InChI is InChI=1S/C22H26F2N8O2S/c1-34-18(14-4-2-5-16(10-14)32-12-22(23,24)13-32)19(33)27-21-30-29-20(35-21)26-15-7-9-31(11-15)17-6-3-8-25-28-17/h3-4,6,8,10,15,18H,2,5,7,9,11-13H2,1H3,(H,26,29)(H,27,30,33)/t15-,18-/m1/s1. The van der Waals surface area contributed by atoms with Crippen molar-refractivity contribution in [2.75, 3.05) is 48.8 Å². The molecule has 2 aromatic heterocycles. The first-order valence-electron chi connectivity index (χ1n) is 11.4. The van der Waals surface area contributed by atoms with E-state index >= 15 is 0 Å². The van der Waals surface area contributed by atoms with Gasteiger partial charge >= 0.3 is 0 Å². The highest BCUT2D eigenvalue weighted by atomic mass is 32.1. The molecule has 3 aliphatic rings. The highest BCUT2D eigenvalue weighted by molar-refractivity contribution is 7.19. The number of hydrogen-bond acceptors (Lipinski definition) is 10. The summed E-state index contributed by atoms with van der Waals surface area (Å²) < 4.78 is 32.0. The summed E-state index contributed by atoms with van der Waals surface area (Å²) in [6.07, 6.45) is 6.70. The fourth-order valence-corrected chi connectivity index (χ4v) is 5.20. The predicted molar refractivity (Wildman–Crippen MR) is 128 cm³/mol. The molecule has 2 atom stereocenters. The number of hydrogen-bond donors (Lipinski definition) is 2. The first kappa shape index (κ1) is 23.5. The molecule has 186 valence electrons. The van der Waals surface area contributed by atoms with Crippen LogP contribution in [0.3, 0.4) is 0 Å². The van der Waals surface area contributed by atoms with Gasteiger partial charge < -0.3 is 19.9 Å². The van der Waals surface area contributed by atoms with Crippen molar-refractivity contribution < 1.29 is 18.3 Å².